The van der Waals surface area contributed by atoms with Crippen LogP contribution in [-0.4, -0.2) is 18.3 Å². The van der Waals surface area contributed by atoms with Crippen molar-refractivity contribution in [2.45, 2.75) is 32.7 Å². The lowest BCUT2D eigenvalue weighted by atomic mass is 10.0. The number of hydrogen-bond donors (Lipinski definition) is 2. The highest BCUT2D eigenvalue weighted by Crippen LogP contribution is 2.20. The molecule has 1 aromatic carbocycles. The van der Waals surface area contributed by atoms with Crippen molar-refractivity contribution >= 4 is 15.9 Å². The Morgan fingerprint density at radius 2 is 2.18 bits per heavy atom. The number of nitrogens with one attached hydrogen (secondary N) is 1. The van der Waals surface area contributed by atoms with Crippen LogP contribution in [0, 0.1) is 5.92 Å². The van der Waals surface area contributed by atoms with Crippen LogP contribution < -0.4 is 5.32 Å². The van der Waals surface area contributed by atoms with E-state index in [4.69, 9.17) is 5.11 Å². The molecular formula is C14H22BrNO. The summed E-state index contributed by atoms with van der Waals surface area (Å²) < 4.78 is 1.12. The molecule has 96 valence electrons. The molecule has 0 aliphatic heterocycles. The lowest BCUT2D eigenvalue weighted by Crippen LogP contribution is -2.26. The van der Waals surface area contributed by atoms with Crippen LogP contribution in [0.2, 0.25) is 0 Å². The minimum absolute atomic E-state index is 0.274. The molecule has 0 radical (unpaired) electrons. The molecule has 2 N–H and O–H groups in total. The fraction of sp³-hybridized carbons (Fsp3) is 0.571. The van der Waals surface area contributed by atoms with E-state index < -0.39 is 0 Å². The van der Waals surface area contributed by atoms with Gasteiger partial charge in [-0.2, -0.15) is 0 Å². The van der Waals surface area contributed by atoms with Crippen LogP contribution in [0.15, 0.2) is 28.7 Å². The van der Waals surface area contributed by atoms with E-state index in [0.717, 1.165) is 23.9 Å². The molecule has 1 rings (SSSR count). The summed E-state index contributed by atoms with van der Waals surface area (Å²) in [6.45, 7) is 5.58. The Labute approximate surface area is 113 Å². The molecule has 0 saturated heterocycles. The van der Waals surface area contributed by atoms with Crippen molar-refractivity contribution in [3.63, 3.8) is 0 Å². The van der Waals surface area contributed by atoms with E-state index in [1.165, 1.54) is 5.56 Å². The second-order valence-corrected chi connectivity index (χ2v) is 5.46. The minimum atomic E-state index is 0.274. The van der Waals surface area contributed by atoms with Gasteiger partial charge in [0.25, 0.3) is 0 Å². The molecule has 0 aliphatic rings. The highest BCUT2D eigenvalue weighted by molar-refractivity contribution is 9.10. The van der Waals surface area contributed by atoms with Gasteiger partial charge >= 0.3 is 0 Å². The third-order valence-corrected chi connectivity index (χ3v) is 3.49. The Balaban J connectivity index is 2.54. The topological polar surface area (TPSA) is 32.3 Å². The summed E-state index contributed by atoms with van der Waals surface area (Å²) in [6, 6.07) is 8.83. The van der Waals surface area contributed by atoms with Gasteiger partial charge in [0.15, 0.2) is 0 Å². The van der Waals surface area contributed by atoms with Gasteiger partial charge in [0.1, 0.15) is 0 Å². The number of halogens is 1. The summed E-state index contributed by atoms with van der Waals surface area (Å²) >= 11 is 3.50. The normalized spacial score (nSPS) is 14.6. The summed E-state index contributed by atoms with van der Waals surface area (Å²) in [4.78, 5) is 0. The summed E-state index contributed by atoms with van der Waals surface area (Å²) in [5, 5.41) is 12.4. The monoisotopic (exact) mass is 299 g/mol. The predicted octanol–water partition coefficient (Wildman–Crippen LogP) is 3.51. The maximum Gasteiger partial charge on any atom is 0.0434 e. The van der Waals surface area contributed by atoms with Crippen LogP contribution in [0.1, 0.15) is 38.3 Å². The third-order valence-electron chi connectivity index (χ3n) is 2.99. The van der Waals surface area contributed by atoms with E-state index in [9.17, 15) is 0 Å². The van der Waals surface area contributed by atoms with Crippen LogP contribution in [0.3, 0.4) is 0 Å². The first-order chi connectivity index (χ1) is 8.17. The first-order valence-corrected chi connectivity index (χ1v) is 7.06. The second-order valence-electron chi connectivity index (χ2n) is 4.54. The van der Waals surface area contributed by atoms with E-state index in [-0.39, 0.29) is 6.61 Å². The summed E-state index contributed by atoms with van der Waals surface area (Å²) in [7, 11) is 0. The molecule has 0 heterocycles. The van der Waals surface area contributed by atoms with E-state index in [0.29, 0.717) is 12.0 Å². The Kier molecular flexibility index (Phi) is 6.78. The van der Waals surface area contributed by atoms with Crippen molar-refractivity contribution in [3.05, 3.63) is 34.3 Å². The van der Waals surface area contributed by atoms with Gasteiger partial charge in [0.2, 0.25) is 0 Å². The van der Waals surface area contributed by atoms with E-state index in [2.05, 4.69) is 53.3 Å². The number of hydrogen-bond acceptors (Lipinski definition) is 2. The van der Waals surface area contributed by atoms with Gasteiger partial charge in [-0.3, -0.25) is 0 Å². The van der Waals surface area contributed by atoms with E-state index >= 15 is 0 Å². The maximum atomic E-state index is 8.88. The molecule has 0 amide bonds. The number of rotatable bonds is 7. The Bertz CT molecular complexity index is 330. The third kappa shape index (κ3) is 5.19. The standard InChI is InChI=1S/C14H22BrNO/c1-3-14(16-10-11(2)7-8-17)12-5-4-6-13(15)9-12/h4-6,9,11,14,16-17H,3,7-8,10H2,1-2H3. The largest absolute Gasteiger partial charge is 0.396 e. The molecule has 0 fully saturated rings. The molecule has 0 bridgehead atoms. The van der Waals surface area contributed by atoms with Crippen LogP contribution in [0.4, 0.5) is 0 Å². The first-order valence-electron chi connectivity index (χ1n) is 6.27. The number of aliphatic hydroxyl groups is 1. The number of benzene rings is 1. The Morgan fingerprint density at radius 3 is 2.76 bits per heavy atom. The van der Waals surface area contributed by atoms with Crippen molar-refractivity contribution in [2.24, 2.45) is 5.92 Å². The van der Waals surface area contributed by atoms with Gasteiger partial charge in [0.05, 0.1) is 0 Å². The smallest absolute Gasteiger partial charge is 0.0434 e. The molecule has 2 atom stereocenters. The Hall–Kier alpha value is -0.380. The highest BCUT2D eigenvalue weighted by atomic mass is 79.9. The van der Waals surface area contributed by atoms with Crippen LogP contribution >= 0.6 is 15.9 Å². The summed E-state index contributed by atoms with van der Waals surface area (Å²) in [5.41, 5.74) is 1.32. The minimum Gasteiger partial charge on any atom is -0.396 e. The van der Waals surface area contributed by atoms with Crippen molar-refractivity contribution in [1.82, 2.24) is 5.32 Å². The zero-order chi connectivity index (χ0) is 12.7. The molecule has 2 unspecified atom stereocenters. The molecule has 0 saturated carbocycles. The zero-order valence-corrected chi connectivity index (χ0v) is 12.2. The second kappa shape index (κ2) is 7.85. The predicted molar refractivity (Wildman–Crippen MR) is 76.0 cm³/mol. The fourth-order valence-electron chi connectivity index (χ4n) is 1.89. The number of aliphatic hydroxyl groups excluding tert-OH is 1. The van der Waals surface area contributed by atoms with Crippen molar-refractivity contribution < 1.29 is 5.11 Å². The first kappa shape index (κ1) is 14.7. The molecule has 3 heteroatoms. The van der Waals surface area contributed by atoms with Gasteiger partial charge in [-0.05, 0) is 43.0 Å². The lowest BCUT2D eigenvalue weighted by molar-refractivity contribution is 0.257. The molecular weight excluding hydrogens is 278 g/mol. The maximum absolute atomic E-state index is 8.88. The molecule has 0 spiro atoms. The summed E-state index contributed by atoms with van der Waals surface area (Å²) in [5.74, 6) is 0.515. The fourth-order valence-corrected chi connectivity index (χ4v) is 2.30. The van der Waals surface area contributed by atoms with Gasteiger partial charge in [-0.1, -0.05) is 41.9 Å². The van der Waals surface area contributed by atoms with Crippen molar-refractivity contribution in [1.29, 1.82) is 0 Å². The van der Waals surface area contributed by atoms with Crippen LogP contribution in [0.25, 0.3) is 0 Å². The van der Waals surface area contributed by atoms with Crippen molar-refractivity contribution in [2.75, 3.05) is 13.2 Å². The van der Waals surface area contributed by atoms with Crippen LogP contribution in [0.5, 0.6) is 0 Å². The Morgan fingerprint density at radius 1 is 1.41 bits per heavy atom. The van der Waals surface area contributed by atoms with Crippen LogP contribution in [-0.2, 0) is 0 Å². The quantitative estimate of drug-likeness (QED) is 0.807. The van der Waals surface area contributed by atoms with Gasteiger partial charge in [-0.25, -0.2) is 0 Å². The lowest BCUT2D eigenvalue weighted by Gasteiger charge is -2.20. The molecule has 0 aliphatic carbocycles. The summed E-state index contributed by atoms with van der Waals surface area (Å²) in [6.07, 6.45) is 1.93. The highest BCUT2D eigenvalue weighted by Gasteiger charge is 2.10. The van der Waals surface area contributed by atoms with E-state index in [1.807, 2.05) is 6.07 Å². The molecule has 1 aromatic rings. The van der Waals surface area contributed by atoms with Crippen molar-refractivity contribution in [3.8, 4) is 0 Å². The average Bonchev–Trinajstić information content (AvgIpc) is 2.30. The average molecular weight is 300 g/mol. The van der Waals surface area contributed by atoms with Gasteiger partial charge in [-0.15, -0.1) is 0 Å². The molecule has 2 nitrogen and oxygen atoms in total. The van der Waals surface area contributed by atoms with E-state index in [1.54, 1.807) is 0 Å². The zero-order valence-electron chi connectivity index (χ0n) is 10.6. The molecule has 0 aromatic heterocycles. The van der Waals surface area contributed by atoms with Gasteiger partial charge in [0, 0.05) is 17.1 Å². The molecule has 17 heavy (non-hydrogen) atoms. The SMILES string of the molecule is CCC(NCC(C)CCO)c1cccc(Br)c1. The van der Waals surface area contributed by atoms with Gasteiger partial charge < -0.3 is 10.4 Å².